The predicted molar refractivity (Wildman–Crippen MR) is 132 cm³/mol. The molecule has 0 aromatic heterocycles. The summed E-state index contributed by atoms with van der Waals surface area (Å²) in [5, 5.41) is 10.3. The summed E-state index contributed by atoms with van der Waals surface area (Å²) in [6.07, 6.45) is 3.86. The number of ketones is 1. The van der Waals surface area contributed by atoms with Crippen molar-refractivity contribution in [3.8, 4) is 17.6 Å². The van der Waals surface area contributed by atoms with E-state index >= 15 is 0 Å². The standard InChI is InChI=1S/C28H24ClNO3/c1-3-10-22-15-20(16-24(18-30)27(31)21-11-6-5-7-12-21)17-26(32-4-2)28(22)33-19-23-13-8-9-14-25(23)29/h3,5-9,11-17H,1,4,10,19H2,2H3. The molecule has 0 atom stereocenters. The van der Waals surface area contributed by atoms with Crippen molar-refractivity contribution < 1.29 is 14.3 Å². The second-order valence-corrected chi connectivity index (χ2v) is 7.59. The van der Waals surface area contributed by atoms with Crippen molar-refractivity contribution in [3.05, 3.63) is 112 Å². The SMILES string of the molecule is C=CCc1cc(C=C(C#N)C(=O)c2ccccc2)cc(OCC)c1OCc1ccccc1Cl. The zero-order valence-electron chi connectivity index (χ0n) is 18.4. The van der Waals surface area contributed by atoms with Gasteiger partial charge in [0.2, 0.25) is 5.78 Å². The topological polar surface area (TPSA) is 59.3 Å². The molecule has 0 aliphatic carbocycles. The first kappa shape index (κ1) is 23.8. The van der Waals surface area contributed by atoms with Gasteiger partial charge in [-0.2, -0.15) is 5.26 Å². The van der Waals surface area contributed by atoms with Crippen LogP contribution in [0.1, 0.15) is 34.0 Å². The molecule has 0 bridgehead atoms. The number of carbonyl (C=O) groups excluding carboxylic acids is 1. The van der Waals surface area contributed by atoms with Gasteiger partial charge in [0.05, 0.1) is 6.61 Å². The fraction of sp³-hybridized carbons (Fsp3) is 0.143. The summed E-state index contributed by atoms with van der Waals surface area (Å²) in [5.41, 5.74) is 2.86. The Labute approximate surface area is 199 Å². The lowest BCUT2D eigenvalue weighted by Crippen LogP contribution is -2.04. The highest BCUT2D eigenvalue weighted by molar-refractivity contribution is 6.31. The van der Waals surface area contributed by atoms with Gasteiger partial charge < -0.3 is 9.47 Å². The van der Waals surface area contributed by atoms with Crippen LogP contribution in [-0.2, 0) is 13.0 Å². The molecule has 0 amide bonds. The average Bonchev–Trinajstić information content (AvgIpc) is 2.83. The molecule has 0 saturated heterocycles. The van der Waals surface area contributed by atoms with Crippen molar-refractivity contribution in [3.63, 3.8) is 0 Å². The first-order valence-corrected chi connectivity index (χ1v) is 10.9. The van der Waals surface area contributed by atoms with Gasteiger partial charge in [-0.3, -0.25) is 4.79 Å². The zero-order valence-corrected chi connectivity index (χ0v) is 19.1. The number of Topliss-reactive ketones (excluding diaryl/α,β-unsaturated/α-hetero) is 1. The molecular weight excluding hydrogens is 434 g/mol. The van der Waals surface area contributed by atoms with Crippen molar-refractivity contribution >= 4 is 23.5 Å². The van der Waals surface area contributed by atoms with E-state index in [1.165, 1.54) is 0 Å². The lowest BCUT2D eigenvalue weighted by Gasteiger charge is -2.17. The normalized spacial score (nSPS) is 10.9. The number of hydrogen-bond donors (Lipinski definition) is 0. The monoisotopic (exact) mass is 457 g/mol. The largest absolute Gasteiger partial charge is 0.490 e. The van der Waals surface area contributed by atoms with E-state index in [1.54, 1.807) is 42.5 Å². The van der Waals surface area contributed by atoms with Gasteiger partial charge >= 0.3 is 0 Å². The quantitative estimate of drug-likeness (QED) is 0.145. The summed E-state index contributed by atoms with van der Waals surface area (Å²) < 4.78 is 12.0. The van der Waals surface area contributed by atoms with E-state index in [0.29, 0.717) is 40.7 Å². The summed E-state index contributed by atoms with van der Waals surface area (Å²) in [6.45, 7) is 6.42. The summed E-state index contributed by atoms with van der Waals surface area (Å²) in [6, 6.07) is 21.9. The van der Waals surface area contributed by atoms with Gasteiger partial charge in [0.15, 0.2) is 11.5 Å². The molecule has 3 aromatic carbocycles. The molecule has 0 spiro atoms. The van der Waals surface area contributed by atoms with Gasteiger partial charge in [0.25, 0.3) is 0 Å². The van der Waals surface area contributed by atoms with Crippen LogP contribution in [0.15, 0.2) is 85.0 Å². The van der Waals surface area contributed by atoms with Gasteiger partial charge in [0.1, 0.15) is 18.2 Å². The maximum atomic E-state index is 12.8. The minimum absolute atomic E-state index is 0.0398. The second-order valence-electron chi connectivity index (χ2n) is 7.18. The first-order chi connectivity index (χ1) is 16.1. The third kappa shape index (κ3) is 6.12. The number of benzene rings is 3. The van der Waals surface area contributed by atoms with Gasteiger partial charge in [-0.25, -0.2) is 0 Å². The molecule has 3 aromatic rings. The van der Waals surface area contributed by atoms with E-state index in [1.807, 2.05) is 49.4 Å². The van der Waals surface area contributed by atoms with E-state index in [4.69, 9.17) is 21.1 Å². The van der Waals surface area contributed by atoms with Crippen LogP contribution in [0.5, 0.6) is 11.5 Å². The summed E-state index contributed by atoms with van der Waals surface area (Å²) >= 11 is 6.27. The molecule has 4 nitrogen and oxygen atoms in total. The zero-order chi connectivity index (χ0) is 23.6. The van der Waals surface area contributed by atoms with Gasteiger partial charge in [-0.05, 0) is 43.2 Å². The van der Waals surface area contributed by atoms with Gasteiger partial charge in [-0.1, -0.05) is 66.2 Å². The lowest BCUT2D eigenvalue weighted by atomic mass is 9.99. The van der Waals surface area contributed by atoms with Crippen molar-refractivity contribution in [1.82, 2.24) is 0 Å². The molecule has 0 saturated carbocycles. The van der Waals surface area contributed by atoms with Crippen LogP contribution in [-0.4, -0.2) is 12.4 Å². The fourth-order valence-corrected chi connectivity index (χ4v) is 3.52. The highest BCUT2D eigenvalue weighted by Crippen LogP contribution is 2.36. The molecule has 0 N–H and O–H groups in total. The molecule has 33 heavy (non-hydrogen) atoms. The number of nitriles is 1. The fourth-order valence-electron chi connectivity index (χ4n) is 3.33. The van der Waals surface area contributed by atoms with Crippen LogP contribution in [0.2, 0.25) is 5.02 Å². The maximum absolute atomic E-state index is 12.8. The summed E-state index contributed by atoms with van der Waals surface area (Å²) in [4.78, 5) is 12.8. The minimum atomic E-state index is -0.333. The van der Waals surface area contributed by atoms with E-state index in [9.17, 15) is 10.1 Å². The Morgan fingerprint density at radius 1 is 1.06 bits per heavy atom. The molecule has 0 heterocycles. The Balaban J connectivity index is 2.00. The Morgan fingerprint density at radius 2 is 1.79 bits per heavy atom. The molecule has 0 radical (unpaired) electrons. The maximum Gasteiger partial charge on any atom is 0.203 e. The van der Waals surface area contributed by atoms with Crippen LogP contribution >= 0.6 is 11.6 Å². The lowest BCUT2D eigenvalue weighted by molar-refractivity contribution is 0.104. The number of hydrogen-bond acceptors (Lipinski definition) is 4. The summed E-state index contributed by atoms with van der Waals surface area (Å²) in [7, 11) is 0. The smallest absolute Gasteiger partial charge is 0.203 e. The third-order valence-electron chi connectivity index (χ3n) is 4.86. The van der Waals surface area contributed by atoms with Crippen LogP contribution in [0.4, 0.5) is 0 Å². The number of halogens is 1. The first-order valence-electron chi connectivity index (χ1n) is 10.6. The molecule has 0 fully saturated rings. The van der Waals surface area contributed by atoms with Crippen molar-refractivity contribution in [2.45, 2.75) is 20.0 Å². The predicted octanol–water partition coefficient (Wildman–Crippen LogP) is 6.84. The van der Waals surface area contributed by atoms with Crippen LogP contribution in [0.25, 0.3) is 6.08 Å². The Bertz CT molecular complexity index is 1210. The highest BCUT2D eigenvalue weighted by atomic mass is 35.5. The molecule has 0 aliphatic rings. The van der Waals surface area contributed by atoms with Crippen molar-refractivity contribution in [1.29, 1.82) is 5.26 Å². The van der Waals surface area contributed by atoms with E-state index < -0.39 is 0 Å². The number of allylic oxidation sites excluding steroid dienone is 2. The number of carbonyl (C=O) groups is 1. The molecule has 0 aliphatic heterocycles. The molecule has 3 rings (SSSR count). The number of rotatable bonds is 10. The third-order valence-corrected chi connectivity index (χ3v) is 5.23. The van der Waals surface area contributed by atoms with E-state index in [2.05, 4.69) is 6.58 Å². The van der Waals surface area contributed by atoms with Gasteiger partial charge in [-0.15, -0.1) is 6.58 Å². The Hall–Kier alpha value is -3.81. The highest BCUT2D eigenvalue weighted by Gasteiger charge is 2.16. The van der Waals surface area contributed by atoms with Crippen LogP contribution < -0.4 is 9.47 Å². The van der Waals surface area contributed by atoms with Crippen molar-refractivity contribution in [2.24, 2.45) is 0 Å². The molecule has 0 unspecified atom stereocenters. The molecular formula is C28H24ClNO3. The van der Waals surface area contributed by atoms with Crippen molar-refractivity contribution in [2.75, 3.05) is 6.61 Å². The molecule has 166 valence electrons. The minimum Gasteiger partial charge on any atom is -0.490 e. The van der Waals surface area contributed by atoms with E-state index in [0.717, 1.165) is 11.1 Å². The molecule has 5 heteroatoms. The second kappa shape index (κ2) is 11.7. The van der Waals surface area contributed by atoms with E-state index in [-0.39, 0.29) is 18.0 Å². The number of ether oxygens (including phenoxy) is 2. The number of nitrogens with zero attached hydrogens (tertiary/aromatic N) is 1. The average molecular weight is 458 g/mol. The van der Waals surface area contributed by atoms with Crippen LogP contribution in [0.3, 0.4) is 0 Å². The summed E-state index contributed by atoms with van der Waals surface area (Å²) in [5.74, 6) is 0.779. The van der Waals surface area contributed by atoms with Gasteiger partial charge in [0, 0.05) is 21.7 Å². The Morgan fingerprint density at radius 3 is 2.45 bits per heavy atom. The Kier molecular flexibility index (Phi) is 8.46. The van der Waals surface area contributed by atoms with Crippen LogP contribution in [0, 0.1) is 11.3 Å².